The Morgan fingerprint density at radius 2 is 1.89 bits per heavy atom. The lowest BCUT2D eigenvalue weighted by molar-refractivity contribution is -0.133. The molecule has 1 unspecified atom stereocenters. The molecule has 2 rings (SSSR count). The van der Waals surface area contributed by atoms with Crippen LogP contribution in [0.25, 0.3) is 0 Å². The monoisotopic (exact) mass is 288 g/mol. The van der Waals surface area contributed by atoms with E-state index in [1.807, 2.05) is 0 Å². The zero-order valence-corrected chi connectivity index (χ0v) is 12.7. The standard InChI is InChI=1S/C13H24N2O3S/c1-11-3-6-15(7-4-11)9-13(16)14(2)12-5-8-19(17,18)10-12/h11-12H,3-10H2,1-2H3. The van der Waals surface area contributed by atoms with Crippen LogP contribution in [-0.2, 0) is 14.6 Å². The lowest BCUT2D eigenvalue weighted by Crippen LogP contribution is -2.45. The number of hydrogen-bond acceptors (Lipinski definition) is 4. The third-order valence-corrected chi connectivity index (χ3v) is 6.13. The van der Waals surface area contributed by atoms with Gasteiger partial charge in [0, 0.05) is 13.1 Å². The Balaban J connectivity index is 1.83. The van der Waals surface area contributed by atoms with Gasteiger partial charge in [-0.1, -0.05) is 6.92 Å². The van der Waals surface area contributed by atoms with Crippen LogP contribution >= 0.6 is 0 Å². The number of rotatable bonds is 3. The van der Waals surface area contributed by atoms with Gasteiger partial charge in [-0.25, -0.2) is 8.42 Å². The summed E-state index contributed by atoms with van der Waals surface area (Å²) in [6.45, 7) is 4.63. The van der Waals surface area contributed by atoms with Gasteiger partial charge in [0.1, 0.15) is 0 Å². The summed E-state index contributed by atoms with van der Waals surface area (Å²) in [7, 11) is -1.19. The van der Waals surface area contributed by atoms with Crippen LogP contribution in [0.1, 0.15) is 26.2 Å². The molecule has 1 atom stereocenters. The molecule has 0 saturated carbocycles. The molecule has 0 bridgehead atoms. The molecule has 0 N–H and O–H groups in total. The Morgan fingerprint density at radius 1 is 1.26 bits per heavy atom. The molecule has 6 heteroatoms. The molecule has 0 aromatic rings. The van der Waals surface area contributed by atoms with E-state index in [1.54, 1.807) is 11.9 Å². The number of carbonyl (C=O) groups is 1. The quantitative estimate of drug-likeness (QED) is 0.752. The van der Waals surface area contributed by atoms with Gasteiger partial charge in [0.05, 0.1) is 18.1 Å². The summed E-state index contributed by atoms with van der Waals surface area (Å²) in [5.41, 5.74) is 0. The lowest BCUT2D eigenvalue weighted by Gasteiger charge is -2.32. The summed E-state index contributed by atoms with van der Waals surface area (Å²) in [5.74, 6) is 1.16. The molecular weight excluding hydrogens is 264 g/mol. The van der Waals surface area contributed by atoms with E-state index in [1.165, 1.54) is 0 Å². The molecule has 2 saturated heterocycles. The van der Waals surface area contributed by atoms with E-state index in [0.717, 1.165) is 31.8 Å². The maximum atomic E-state index is 12.2. The molecule has 0 radical (unpaired) electrons. The van der Waals surface area contributed by atoms with Crippen molar-refractivity contribution < 1.29 is 13.2 Å². The summed E-state index contributed by atoms with van der Waals surface area (Å²) in [6, 6.07) is -0.124. The largest absolute Gasteiger partial charge is 0.341 e. The van der Waals surface area contributed by atoms with Crippen molar-refractivity contribution in [2.24, 2.45) is 5.92 Å². The van der Waals surface area contributed by atoms with Crippen LogP contribution in [0.15, 0.2) is 0 Å². The molecule has 0 aromatic heterocycles. The molecule has 2 heterocycles. The number of amides is 1. The van der Waals surface area contributed by atoms with Crippen molar-refractivity contribution in [1.82, 2.24) is 9.80 Å². The molecule has 110 valence electrons. The maximum absolute atomic E-state index is 12.2. The van der Waals surface area contributed by atoms with Gasteiger partial charge < -0.3 is 4.90 Å². The molecule has 2 fully saturated rings. The van der Waals surface area contributed by atoms with Crippen LogP contribution < -0.4 is 0 Å². The Hall–Kier alpha value is -0.620. The fourth-order valence-corrected chi connectivity index (χ4v) is 4.58. The van der Waals surface area contributed by atoms with Gasteiger partial charge in [0.2, 0.25) is 5.91 Å². The average Bonchev–Trinajstić information content (AvgIpc) is 2.71. The van der Waals surface area contributed by atoms with Gasteiger partial charge in [0.25, 0.3) is 0 Å². The molecular formula is C13H24N2O3S. The fraction of sp³-hybridized carbons (Fsp3) is 0.923. The summed E-state index contributed by atoms with van der Waals surface area (Å²) >= 11 is 0. The number of carbonyl (C=O) groups excluding carboxylic acids is 1. The molecule has 0 aromatic carbocycles. The number of likely N-dealkylation sites (tertiary alicyclic amines) is 1. The first-order valence-electron chi connectivity index (χ1n) is 7.06. The Bertz CT molecular complexity index is 427. The summed E-state index contributed by atoms with van der Waals surface area (Å²) < 4.78 is 22.9. The van der Waals surface area contributed by atoms with Crippen molar-refractivity contribution in [3.05, 3.63) is 0 Å². The van der Waals surface area contributed by atoms with E-state index in [9.17, 15) is 13.2 Å². The number of nitrogens with zero attached hydrogens (tertiary/aromatic N) is 2. The average molecular weight is 288 g/mol. The maximum Gasteiger partial charge on any atom is 0.236 e. The van der Waals surface area contributed by atoms with E-state index < -0.39 is 9.84 Å². The molecule has 5 nitrogen and oxygen atoms in total. The van der Waals surface area contributed by atoms with Gasteiger partial charge in [0.15, 0.2) is 9.84 Å². The zero-order valence-electron chi connectivity index (χ0n) is 11.8. The van der Waals surface area contributed by atoms with Crippen molar-refractivity contribution in [2.75, 3.05) is 38.2 Å². The second kappa shape index (κ2) is 5.79. The van der Waals surface area contributed by atoms with Crippen molar-refractivity contribution in [2.45, 2.75) is 32.2 Å². The molecule has 1 amide bonds. The second-order valence-corrected chi connectivity index (χ2v) is 8.25. The third-order valence-electron chi connectivity index (χ3n) is 4.38. The zero-order chi connectivity index (χ0) is 14.0. The topological polar surface area (TPSA) is 57.7 Å². The van der Waals surface area contributed by atoms with Crippen molar-refractivity contribution in [1.29, 1.82) is 0 Å². The number of likely N-dealkylation sites (N-methyl/N-ethyl adjacent to an activating group) is 1. The predicted molar refractivity (Wildman–Crippen MR) is 74.7 cm³/mol. The molecule has 2 aliphatic rings. The molecule has 19 heavy (non-hydrogen) atoms. The highest BCUT2D eigenvalue weighted by Gasteiger charge is 2.33. The fourth-order valence-electron chi connectivity index (χ4n) is 2.81. The first-order valence-corrected chi connectivity index (χ1v) is 8.88. The van der Waals surface area contributed by atoms with Crippen LogP contribution in [0.3, 0.4) is 0 Å². The highest BCUT2D eigenvalue weighted by atomic mass is 32.2. The van der Waals surface area contributed by atoms with E-state index in [2.05, 4.69) is 11.8 Å². The van der Waals surface area contributed by atoms with Crippen LogP contribution in [0.5, 0.6) is 0 Å². The van der Waals surface area contributed by atoms with Crippen LogP contribution in [0.4, 0.5) is 0 Å². The first-order chi connectivity index (χ1) is 8.87. The van der Waals surface area contributed by atoms with E-state index in [0.29, 0.717) is 13.0 Å². The van der Waals surface area contributed by atoms with Gasteiger partial charge in [-0.2, -0.15) is 0 Å². The Kier molecular flexibility index (Phi) is 4.50. The van der Waals surface area contributed by atoms with Crippen molar-refractivity contribution in [3.63, 3.8) is 0 Å². The SMILES string of the molecule is CC1CCN(CC(=O)N(C)C2CCS(=O)(=O)C2)CC1. The van der Waals surface area contributed by atoms with E-state index in [-0.39, 0.29) is 23.5 Å². The highest BCUT2D eigenvalue weighted by Crippen LogP contribution is 2.18. The minimum atomic E-state index is -2.92. The Morgan fingerprint density at radius 3 is 2.42 bits per heavy atom. The summed E-state index contributed by atoms with van der Waals surface area (Å²) in [5, 5.41) is 0. The van der Waals surface area contributed by atoms with Gasteiger partial charge in [-0.3, -0.25) is 9.69 Å². The van der Waals surface area contributed by atoms with Crippen LogP contribution in [0, 0.1) is 5.92 Å². The third kappa shape index (κ3) is 3.92. The van der Waals surface area contributed by atoms with Crippen LogP contribution in [-0.4, -0.2) is 68.4 Å². The molecule has 0 aliphatic carbocycles. The van der Waals surface area contributed by atoms with Gasteiger partial charge >= 0.3 is 0 Å². The number of hydrogen-bond donors (Lipinski definition) is 0. The lowest BCUT2D eigenvalue weighted by atomic mass is 9.99. The van der Waals surface area contributed by atoms with E-state index >= 15 is 0 Å². The number of sulfone groups is 1. The normalized spacial score (nSPS) is 28.4. The summed E-state index contributed by atoms with van der Waals surface area (Å²) in [4.78, 5) is 16.0. The molecule has 0 spiro atoms. The summed E-state index contributed by atoms with van der Waals surface area (Å²) in [6.07, 6.45) is 2.88. The Labute approximate surface area is 115 Å². The minimum absolute atomic E-state index is 0.0525. The smallest absolute Gasteiger partial charge is 0.236 e. The van der Waals surface area contributed by atoms with Crippen molar-refractivity contribution in [3.8, 4) is 0 Å². The second-order valence-electron chi connectivity index (χ2n) is 6.02. The molecule has 2 aliphatic heterocycles. The van der Waals surface area contributed by atoms with Gasteiger partial charge in [-0.05, 0) is 38.3 Å². The minimum Gasteiger partial charge on any atom is -0.341 e. The number of piperidine rings is 1. The highest BCUT2D eigenvalue weighted by molar-refractivity contribution is 7.91. The first kappa shape index (κ1) is 14.8. The van der Waals surface area contributed by atoms with Crippen LogP contribution in [0.2, 0.25) is 0 Å². The predicted octanol–water partition coefficient (Wildman–Crippen LogP) is 0.364. The van der Waals surface area contributed by atoms with Gasteiger partial charge in [-0.15, -0.1) is 0 Å². The van der Waals surface area contributed by atoms with E-state index in [4.69, 9.17) is 0 Å². The van der Waals surface area contributed by atoms with Crippen molar-refractivity contribution >= 4 is 15.7 Å².